The second-order valence-corrected chi connectivity index (χ2v) is 6.20. The summed E-state index contributed by atoms with van der Waals surface area (Å²) in [5.41, 5.74) is 2.64. The molecule has 0 N–H and O–H groups in total. The molecule has 3 rings (SSSR count). The Bertz CT molecular complexity index is 837. The van der Waals surface area contributed by atoms with E-state index in [4.69, 9.17) is 9.47 Å². The first-order valence-electron chi connectivity index (χ1n) is 8.80. The van der Waals surface area contributed by atoms with Crippen LogP contribution in [-0.4, -0.2) is 25.0 Å². The van der Waals surface area contributed by atoms with Gasteiger partial charge in [-0.3, -0.25) is 4.79 Å². The predicted molar refractivity (Wildman–Crippen MR) is 106 cm³/mol. The van der Waals surface area contributed by atoms with Crippen LogP contribution in [-0.2, 0) is 13.1 Å². The summed E-state index contributed by atoms with van der Waals surface area (Å²) in [6.07, 6.45) is 0. The van der Waals surface area contributed by atoms with E-state index < -0.39 is 0 Å². The molecular formula is C23H23NO3. The molecule has 3 aromatic carbocycles. The molecule has 0 radical (unpaired) electrons. The fourth-order valence-electron chi connectivity index (χ4n) is 2.96. The molecule has 1 amide bonds. The van der Waals surface area contributed by atoms with Crippen LogP contribution in [0.2, 0.25) is 0 Å². The molecule has 0 saturated heterocycles. The van der Waals surface area contributed by atoms with Crippen molar-refractivity contribution in [2.24, 2.45) is 0 Å². The molecule has 0 fully saturated rings. The number of carbonyl (C=O) groups is 1. The highest BCUT2D eigenvalue weighted by atomic mass is 16.5. The van der Waals surface area contributed by atoms with Gasteiger partial charge in [-0.25, -0.2) is 0 Å². The molecule has 0 aliphatic carbocycles. The molecule has 0 aromatic heterocycles. The van der Waals surface area contributed by atoms with Crippen LogP contribution in [0.1, 0.15) is 21.5 Å². The van der Waals surface area contributed by atoms with E-state index in [2.05, 4.69) is 0 Å². The Balaban J connectivity index is 1.95. The zero-order valence-corrected chi connectivity index (χ0v) is 15.6. The van der Waals surface area contributed by atoms with Crippen LogP contribution in [0.3, 0.4) is 0 Å². The van der Waals surface area contributed by atoms with Gasteiger partial charge in [-0.1, -0.05) is 60.7 Å². The molecule has 138 valence electrons. The summed E-state index contributed by atoms with van der Waals surface area (Å²) in [6, 6.07) is 25.2. The van der Waals surface area contributed by atoms with Crippen LogP contribution in [0.5, 0.6) is 11.5 Å². The van der Waals surface area contributed by atoms with E-state index in [0.717, 1.165) is 11.1 Å². The zero-order chi connectivity index (χ0) is 19.1. The topological polar surface area (TPSA) is 38.8 Å². The van der Waals surface area contributed by atoms with E-state index in [1.807, 2.05) is 65.6 Å². The van der Waals surface area contributed by atoms with Gasteiger partial charge in [0.15, 0.2) is 0 Å². The fraction of sp³-hybridized carbons (Fsp3) is 0.174. The number of methoxy groups -OCH3 is 2. The van der Waals surface area contributed by atoms with Crippen molar-refractivity contribution in [1.82, 2.24) is 4.90 Å². The largest absolute Gasteiger partial charge is 0.497 e. The monoisotopic (exact) mass is 361 g/mol. The minimum atomic E-state index is -0.0987. The van der Waals surface area contributed by atoms with Gasteiger partial charge in [-0.15, -0.1) is 0 Å². The molecule has 0 bridgehead atoms. The highest BCUT2D eigenvalue weighted by molar-refractivity contribution is 5.97. The van der Waals surface area contributed by atoms with E-state index in [0.29, 0.717) is 30.2 Å². The number of nitrogens with zero attached hydrogens (tertiary/aromatic N) is 1. The normalized spacial score (nSPS) is 10.3. The molecule has 4 nitrogen and oxygen atoms in total. The number of hydrogen-bond acceptors (Lipinski definition) is 3. The number of hydrogen-bond donors (Lipinski definition) is 0. The van der Waals surface area contributed by atoms with Crippen LogP contribution < -0.4 is 9.47 Å². The second-order valence-electron chi connectivity index (χ2n) is 6.20. The van der Waals surface area contributed by atoms with Gasteiger partial charge >= 0.3 is 0 Å². The highest BCUT2D eigenvalue weighted by Gasteiger charge is 2.21. The zero-order valence-electron chi connectivity index (χ0n) is 15.6. The number of benzene rings is 3. The smallest absolute Gasteiger partial charge is 0.258 e. The van der Waals surface area contributed by atoms with Crippen molar-refractivity contribution in [3.63, 3.8) is 0 Å². The third-order valence-electron chi connectivity index (χ3n) is 4.36. The summed E-state index contributed by atoms with van der Waals surface area (Å²) in [4.78, 5) is 15.2. The third-order valence-corrected chi connectivity index (χ3v) is 4.36. The number of amides is 1. The molecule has 4 heteroatoms. The lowest BCUT2D eigenvalue weighted by molar-refractivity contribution is 0.0726. The summed E-state index contributed by atoms with van der Waals surface area (Å²) in [5, 5.41) is 0. The van der Waals surface area contributed by atoms with Gasteiger partial charge in [0.2, 0.25) is 0 Å². The molecule has 0 unspecified atom stereocenters. The fourth-order valence-corrected chi connectivity index (χ4v) is 2.96. The maximum absolute atomic E-state index is 13.4. The summed E-state index contributed by atoms with van der Waals surface area (Å²) in [5.74, 6) is 1.06. The first-order chi connectivity index (χ1) is 13.2. The van der Waals surface area contributed by atoms with Gasteiger partial charge in [0.05, 0.1) is 19.8 Å². The predicted octanol–water partition coefficient (Wildman–Crippen LogP) is 4.55. The van der Waals surface area contributed by atoms with Gasteiger partial charge in [-0.2, -0.15) is 0 Å². The van der Waals surface area contributed by atoms with Crippen molar-refractivity contribution >= 4 is 5.91 Å². The molecule has 27 heavy (non-hydrogen) atoms. The average Bonchev–Trinajstić information content (AvgIpc) is 2.73. The lowest BCUT2D eigenvalue weighted by atomic mass is 10.1. The molecule has 0 saturated carbocycles. The van der Waals surface area contributed by atoms with E-state index in [1.54, 1.807) is 32.4 Å². The minimum absolute atomic E-state index is 0.0987. The van der Waals surface area contributed by atoms with Crippen molar-refractivity contribution in [2.45, 2.75) is 13.1 Å². The van der Waals surface area contributed by atoms with Crippen molar-refractivity contribution in [2.75, 3.05) is 14.2 Å². The van der Waals surface area contributed by atoms with E-state index >= 15 is 0 Å². The molecule has 3 aromatic rings. The first-order valence-corrected chi connectivity index (χ1v) is 8.80. The Kier molecular flexibility index (Phi) is 6.10. The van der Waals surface area contributed by atoms with Crippen LogP contribution in [0.4, 0.5) is 0 Å². The van der Waals surface area contributed by atoms with Crippen molar-refractivity contribution < 1.29 is 14.3 Å². The average molecular weight is 361 g/mol. The third kappa shape index (κ3) is 4.67. The molecule has 0 heterocycles. The quantitative estimate of drug-likeness (QED) is 0.620. The first kappa shape index (κ1) is 18.5. The maximum atomic E-state index is 13.4. The summed E-state index contributed by atoms with van der Waals surface area (Å²) in [6.45, 7) is 1.02. The number of carbonyl (C=O) groups excluding carboxylic acids is 1. The van der Waals surface area contributed by atoms with Crippen molar-refractivity contribution in [3.05, 3.63) is 95.6 Å². The highest BCUT2D eigenvalue weighted by Crippen LogP contribution is 2.26. The Labute approximate surface area is 160 Å². The Hall–Kier alpha value is -3.27. The van der Waals surface area contributed by atoms with E-state index in [9.17, 15) is 4.79 Å². The second kappa shape index (κ2) is 8.90. The SMILES string of the molecule is COc1ccc(OC)c(C(=O)N(Cc2ccccc2)Cc2ccccc2)c1. The summed E-state index contributed by atoms with van der Waals surface area (Å²) >= 11 is 0. The van der Waals surface area contributed by atoms with Gasteiger partial charge < -0.3 is 14.4 Å². The van der Waals surface area contributed by atoms with Crippen LogP contribution in [0, 0.1) is 0 Å². The molecule has 0 atom stereocenters. The Morgan fingerprint density at radius 2 is 1.33 bits per heavy atom. The lowest BCUT2D eigenvalue weighted by Gasteiger charge is -2.24. The Morgan fingerprint density at radius 1 is 0.778 bits per heavy atom. The molecule has 0 aliphatic heterocycles. The van der Waals surface area contributed by atoms with Gasteiger partial charge in [-0.05, 0) is 29.3 Å². The minimum Gasteiger partial charge on any atom is -0.497 e. The molecular weight excluding hydrogens is 338 g/mol. The lowest BCUT2D eigenvalue weighted by Crippen LogP contribution is -2.30. The van der Waals surface area contributed by atoms with Crippen molar-refractivity contribution in [1.29, 1.82) is 0 Å². The molecule has 0 spiro atoms. The van der Waals surface area contributed by atoms with Crippen molar-refractivity contribution in [3.8, 4) is 11.5 Å². The molecule has 0 aliphatic rings. The number of ether oxygens (including phenoxy) is 2. The summed E-state index contributed by atoms with van der Waals surface area (Å²) < 4.78 is 10.7. The van der Waals surface area contributed by atoms with Gasteiger partial charge in [0.1, 0.15) is 11.5 Å². The van der Waals surface area contributed by atoms with E-state index in [1.165, 1.54) is 0 Å². The standard InChI is InChI=1S/C23H23NO3/c1-26-20-13-14-22(27-2)21(15-20)23(25)24(16-18-9-5-3-6-10-18)17-19-11-7-4-8-12-19/h3-15H,16-17H2,1-2H3. The van der Waals surface area contributed by atoms with E-state index in [-0.39, 0.29) is 5.91 Å². The maximum Gasteiger partial charge on any atom is 0.258 e. The van der Waals surface area contributed by atoms with Gasteiger partial charge in [0.25, 0.3) is 5.91 Å². The summed E-state index contributed by atoms with van der Waals surface area (Å²) in [7, 11) is 3.15. The Morgan fingerprint density at radius 3 is 1.81 bits per heavy atom. The van der Waals surface area contributed by atoms with Gasteiger partial charge in [0, 0.05) is 13.1 Å². The number of rotatable bonds is 7. The van der Waals surface area contributed by atoms with Crippen LogP contribution in [0.15, 0.2) is 78.9 Å². The van der Waals surface area contributed by atoms with Crippen LogP contribution >= 0.6 is 0 Å². The van der Waals surface area contributed by atoms with Crippen LogP contribution in [0.25, 0.3) is 0 Å².